The summed E-state index contributed by atoms with van der Waals surface area (Å²) in [6.45, 7) is 2.09. The Hall–Kier alpha value is -4.44. The molecule has 10 heteroatoms. The van der Waals surface area contributed by atoms with E-state index in [1.165, 1.54) is 39.2 Å². The number of ether oxygens (including phenoxy) is 4. The van der Waals surface area contributed by atoms with Crippen molar-refractivity contribution in [2.45, 2.75) is 11.8 Å². The number of benzene rings is 3. The van der Waals surface area contributed by atoms with Gasteiger partial charge in [0.1, 0.15) is 5.70 Å². The van der Waals surface area contributed by atoms with Crippen LogP contribution in [0.3, 0.4) is 0 Å². The highest BCUT2D eigenvalue weighted by atomic mass is 32.2. The summed E-state index contributed by atoms with van der Waals surface area (Å²) in [7, 11) is 4.48. The summed E-state index contributed by atoms with van der Waals surface area (Å²) in [6, 6.07) is 18.9. The molecule has 204 valence electrons. The second-order valence-electron chi connectivity index (χ2n) is 7.91. The molecule has 9 nitrogen and oxygen atoms in total. The summed E-state index contributed by atoms with van der Waals surface area (Å²) in [5, 5.41) is 5.50. The molecule has 3 aromatic rings. The van der Waals surface area contributed by atoms with Crippen LogP contribution in [0.4, 0.5) is 5.69 Å². The minimum atomic E-state index is -0.542. The first kappa shape index (κ1) is 29.1. The summed E-state index contributed by atoms with van der Waals surface area (Å²) < 4.78 is 21.1. The van der Waals surface area contributed by atoms with Crippen molar-refractivity contribution in [1.29, 1.82) is 0 Å². The van der Waals surface area contributed by atoms with Gasteiger partial charge in [0.2, 0.25) is 5.75 Å². The Balaban J connectivity index is 1.87. The number of carbonyl (C=O) groups is 3. The Labute approximate surface area is 231 Å². The predicted molar refractivity (Wildman–Crippen MR) is 150 cm³/mol. The Kier molecular flexibility index (Phi) is 10.8. The summed E-state index contributed by atoms with van der Waals surface area (Å²) in [4.78, 5) is 38.7. The minimum absolute atomic E-state index is 0.00103. The fourth-order valence-electron chi connectivity index (χ4n) is 3.47. The van der Waals surface area contributed by atoms with Crippen LogP contribution in [0.1, 0.15) is 22.8 Å². The molecule has 0 fully saturated rings. The molecule has 0 aliphatic rings. The number of carbonyl (C=O) groups excluding carboxylic acids is 3. The molecule has 0 spiro atoms. The molecule has 0 unspecified atom stereocenters. The summed E-state index contributed by atoms with van der Waals surface area (Å²) in [5.41, 5.74) is 1.43. The molecule has 3 aromatic carbocycles. The van der Waals surface area contributed by atoms with Gasteiger partial charge in [0.05, 0.1) is 33.7 Å². The third-order valence-corrected chi connectivity index (χ3v) is 6.29. The Morgan fingerprint density at radius 2 is 1.51 bits per heavy atom. The average molecular weight is 551 g/mol. The number of hydrogen-bond donors (Lipinski definition) is 2. The normalized spacial score (nSPS) is 10.8. The maximum atomic E-state index is 13.3. The van der Waals surface area contributed by atoms with Gasteiger partial charge in [-0.05, 0) is 67.1 Å². The highest BCUT2D eigenvalue weighted by Gasteiger charge is 2.18. The molecule has 3 rings (SSSR count). The predicted octanol–water partition coefficient (Wildman–Crippen LogP) is 4.78. The van der Waals surface area contributed by atoms with E-state index >= 15 is 0 Å². The lowest BCUT2D eigenvalue weighted by atomic mass is 10.1. The largest absolute Gasteiger partial charge is 0.493 e. The van der Waals surface area contributed by atoms with Crippen LogP contribution in [0.15, 0.2) is 77.3 Å². The van der Waals surface area contributed by atoms with E-state index in [-0.39, 0.29) is 17.4 Å². The fraction of sp³-hybridized carbons (Fsp3) is 0.207. The Morgan fingerprint density at radius 1 is 0.872 bits per heavy atom. The highest BCUT2D eigenvalue weighted by molar-refractivity contribution is 8.00. The van der Waals surface area contributed by atoms with Gasteiger partial charge in [0, 0.05) is 16.1 Å². The van der Waals surface area contributed by atoms with Crippen LogP contribution in [0.5, 0.6) is 17.2 Å². The number of hydrogen-bond acceptors (Lipinski definition) is 8. The first-order valence-corrected chi connectivity index (χ1v) is 12.9. The van der Waals surface area contributed by atoms with Crippen molar-refractivity contribution in [3.8, 4) is 17.2 Å². The van der Waals surface area contributed by atoms with Gasteiger partial charge in [0.15, 0.2) is 11.5 Å². The van der Waals surface area contributed by atoms with Gasteiger partial charge in [0.25, 0.3) is 11.8 Å². The van der Waals surface area contributed by atoms with Crippen LogP contribution in [-0.2, 0) is 14.3 Å². The first-order valence-electron chi connectivity index (χ1n) is 12.0. The number of methoxy groups -OCH3 is 3. The number of thioether (sulfide) groups is 1. The second kappa shape index (κ2) is 14.5. The van der Waals surface area contributed by atoms with E-state index < -0.39 is 11.8 Å². The van der Waals surface area contributed by atoms with Gasteiger partial charge in [-0.25, -0.2) is 0 Å². The van der Waals surface area contributed by atoms with E-state index in [1.54, 1.807) is 73.7 Å². The molecule has 0 saturated heterocycles. The van der Waals surface area contributed by atoms with Gasteiger partial charge in [-0.3, -0.25) is 14.4 Å². The molecule has 0 atom stereocenters. The molecule has 0 heterocycles. The van der Waals surface area contributed by atoms with Gasteiger partial charge >= 0.3 is 5.97 Å². The smallest absolute Gasteiger partial charge is 0.316 e. The zero-order valence-electron chi connectivity index (χ0n) is 22.1. The molecule has 39 heavy (non-hydrogen) atoms. The van der Waals surface area contributed by atoms with Crippen LogP contribution in [0.2, 0.25) is 0 Å². The van der Waals surface area contributed by atoms with Gasteiger partial charge in [-0.2, -0.15) is 0 Å². The lowest BCUT2D eigenvalue weighted by molar-refractivity contribution is -0.139. The van der Waals surface area contributed by atoms with E-state index in [1.807, 2.05) is 0 Å². The van der Waals surface area contributed by atoms with Gasteiger partial charge < -0.3 is 29.6 Å². The van der Waals surface area contributed by atoms with E-state index in [0.717, 1.165) is 4.90 Å². The Bertz CT molecular complexity index is 1300. The Morgan fingerprint density at radius 3 is 2.08 bits per heavy atom. The van der Waals surface area contributed by atoms with E-state index in [2.05, 4.69) is 10.6 Å². The minimum Gasteiger partial charge on any atom is -0.493 e. The van der Waals surface area contributed by atoms with Crippen LogP contribution in [0, 0.1) is 0 Å². The first-order chi connectivity index (χ1) is 18.9. The monoisotopic (exact) mass is 550 g/mol. The van der Waals surface area contributed by atoms with Crippen LogP contribution in [-0.4, -0.2) is 51.5 Å². The molecule has 0 aliphatic carbocycles. The molecule has 2 N–H and O–H groups in total. The maximum Gasteiger partial charge on any atom is 0.316 e. The second-order valence-corrected chi connectivity index (χ2v) is 8.96. The number of rotatable bonds is 12. The van der Waals surface area contributed by atoms with Crippen molar-refractivity contribution < 1.29 is 33.3 Å². The van der Waals surface area contributed by atoms with Crippen molar-refractivity contribution in [2.24, 2.45) is 0 Å². The van der Waals surface area contributed by atoms with Crippen molar-refractivity contribution in [3.05, 3.63) is 83.6 Å². The van der Waals surface area contributed by atoms with E-state index in [4.69, 9.17) is 18.9 Å². The molecular weight excluding hydrogens is 520 g/mol. The van der Waals surface area contributed by atoms with Crippen molar-refractivity contribution in [2.75, 3.05) is 39.0 Å². The molecule has 0 radical (unpaired) electrons. The molecule has 0 bridgehead atoms. The van der Waals surface area contributed by atoms with Crippen molar-refractivity contribution in [1.82, 2.24) is 5.32 Å². The maximum absolute atomic E-state index is 13.3. The van der Waals surface area contributed by atoms with Crippen LogP contribution < -0.4 is 24.8 Å². The van der Waals surface area contributed by atoms with Crippen LogP contribution in [0.25, 0.3) is 6.08 Å². The number of anilines is 1. The van der Waals surface area contributed by atoms with Crippen molar-refractivity contribution >= 4 is 41.3 Å². The summed E-state index contributed by atoms with van der Waals surface area (Å²) in [5.74, 6) is 0.0941. The molecule has 0 saturated carbocycles. The topological polar surface area (TPSA) is 112 Å². The van der Waals surface area contributed by atoms with E-state index in [9.17, 15) is 14.4 Å². The lowest BCUT2D eigenvalue weighted by Crippen LogP contribution is -2.30. The molecular formula is C29H30N2O7S. The zero-order chi connectivity index (χ0) is 28.2. The molecule has 2 amide bonds. The number of esters is 1. The quantitative estimate of drug-likeness (QED) is 0.188. The standard InChI is InChI=1S/C29H30N2O7S/c1-5-38-26(32)18-39-22-13-11-21(12-14-22)30-29(34)23(31-28(33)20-9-7-6-8-10-20)15-19-16-24(35-2)27(37-4)25(17-19)36-3/h6-17H,5,18H2,1-4H3,(H,30,34)(H,31,33)/b23-15-. The third kappa shape index (κ3) is 8.27. The zero-order valence-corrected chi connectivity index (χ0v) is 22.9. The SMILES string of the molecule is CCOC(=O)CSc1ccc(NC(=O)/C(=C/c2cc(OC)c(OC)c(OC)c2)NC(=O)c2ccccc2)cc1. The summed E-state index contributed by atoms with van der Waals surface area (Å²) >= 11 is 1.33. The van der Waals surface area contributed by atoms with Crippen molar-refractivity contribution in [3.63, 3.8) is 0 Å². The molecule has 0 aromatic heterocycles. The highest BCUT2D eigenvalue weighted by Crippen LogP contribution is 2.38. The molecule has 0 aliphatic heterocycles. The van der Waals surface area contributed by atoms with Crippen LogP contribution >= 0.6 is 11.8 Å². The third-order valence-electron chi connectivity index (χ3n) is 5.30. The van der Waals surface area contributed by atoms with Gasteiger partial charge in [-0.1, -0.05) is 18.2 Å². The van der Waals surface area contributed by atoms with E-state index in [0.29, 0.717) is 40.7 Å². The fourth-order valence-corrected chi connectivity index (χ4v) is 4.17. The average Bonchev–Trinajstić information content (AvgIpc) is 2.96. The number of amides is 2. The lowest BCUT2D eigenvalue weighted by Gasteiger charge is -2.15. The summed E-state index contributed by atoms with van der Waals surface area (Å²) in [6.07, 6.45) is 1.52. The van der Waals surface area contributed by atoms with Gasteiger partial charge in [-0.15, -0.1) is 11.8 Å². The number of nitrogens with one attached hydrogen (secondary N) is 2.